The quantitative estimate of drug-likeness (QED) is 0.182. The second kappa shape index (κ2) is 11.1. The largest absolute Gasteiger partial charge is 0.457 e. The molecule has 0 aliphatic rings. The van der Waals surface area contributed by atoms with E-state index in [-0.39, 0.29) is 0 Å². The van der Waals surface area contributed by atoms with Crippen LogP contribution >= 0.6 is 27.7 Å². The highest BCUT2D eigenvalue weighted by atomic mass is 79.9. The van der Waals surface area contributed by atoms with Gasteiger partial charge in [0.2, 0.25) is 5.16 Å². The Kier molecular flexibility index (Phi) is 7.74. The molecular formula is C25H23BrN4OS. The van der Waals surface area contributed by atoms with Crippen LogP contribution in [0.1, 0.15) is 30.3 Å². The van der Waals surface area contributed by atoms with E-state index in [1.165, 1.54) is 5.56 Å². The summed E-state index contributed by atoms with van der Waals surface area (Å²) in [6.45, 7) is 2.13. The Balaban J connectivity index is 1.51. The Morgan fingerprint density at radius 3 is 2.53 bits per heavy atom. The van der Waals surface area contributed by atoms with Gasteiger partial charge in [-0.2, -0.15) is 9.78 Å². The third-order valence-corrected chi connectivity index (χ3v) is 6.11. The minimum absolute atomic E-state index is 0.766. The van der Waals surface area contributed by atoms with E-state index in [0.29, 0.717) is 0 Å². The van der Waals surface area contributed by atoms with Crippen LogP contribution in [-0.2, 0) is 12.2 Å². The molecule has 0 amide bonds. The summed E-state index contributed by atoms with van der Waals surface area (Å²) in [4.78, 5) is 0. The summed E-state index contributed by atoms with van der Waals surface area (Å²) in [5.74, 6) is 3.23. The number of hydrogen-bond acceptors (Lipinski definition) is 5. The minimum Gasteiger partial charge on any atom is -0.457 e. The Morgan fingerprint density at radius 2 is 1.75 bits per heavy atom. The Labute approximate surface area is 200 Å². The van der Waals surface area contributed by atoms with E-state index in [0.717, 1.165) is 51.1 Å². The van der Waals surface area contributed by atoms with E-state index < -0.39 is 0 Å². The number of aryl methyl sites for hydroxylation is 1. The molecule has 0 fully saturated rings. The van der Waals surface area contributed by atoms with Crippen molar-refractivity contribution in [3.63, 3.8) is 0 Å². The molecule has 32 heavy (non-hydrogen) atoms. The number of ether oxygens (including phenoxy) is 1. The van der Waals surface area contributed by atoms with Crippen molar-refractivity contribution < 1.29 is 4.74 Å². The van der Waals surface area contributed by atoms with E-state index in [1.807, 2.05) is 77.6 Å². The number of halogens is 1. The van der Waals surface area contributed by atoms with Crippen molar-refractivity contribution in [3.05, 3.63) is 100 Å². The lowest BCUT2D eigenvalue weighted by Crippen LogP contribution is -2.00. The molecule has 3 aromatic carbocycles. The van der Waals surface area contributed by atoms with Crippen LogP contribution in [0, 0.1) is 0 Å². The van der Waals surface area contributed by atoms with Gasteiger partial charge in [0, 0.05) is 16.6 Å². The summed E-state index contributed by atoms with van der Waals surface area (Å²) in [6.07, 6.45) is 3.62. The van der Waals surface area contributed by atoms with Crippen molar-refractivity contribution in [1.82, 2.24) is 14.9 Å². The molecule has 0 saturated heterocycles. The van der Waals surface area contributed by atoms with Crippen LogP contribution < -0.4 is 4.74 Å². The minimum atomic E-state index is 0.766. The van der Waals surface area contributed by atoms with Crippen molar-refractivity contribution in [2.24, 2.45) is 5.10 Å². The van der Waals surface area contributed by atoms with E-state index in [9.17, 15) is 0 Å². The van der Waals surface area contributed by atoms with Gasteiger partial charge in [-0.05, 0) is 53.9 Å². The fourth-order valence-corrected chi connectivity index (χ4v) is 4.14. The van der Waals surface area contributed by atoms with Gasteiger partial charge in [-0.3, -0.25) is 0 Å². The van der Waals surface area contributed by atoms with E-state index >= 15 is 0 Å². The summed E-state index contributed by atoms with van der Waals surface area (Å²) in [5, 5.41) is 14.2. The summed E-state index contributed by atoms with van der Waals surface area (Å²) in [6, 6.07) is 25.9. The average molecular weight is 507 g/mol. The number of rotatable bonds is 9. The first kappa shape index (κ1) is 22.3. The molecule has 0 aliphatic heterocycles. The first-order chi connectivity index (χ1) is 15.7. The number of para-hydroxylation sites is 1. The number of hydrogen-bond donors (Lipinski definition) is 0. The first-order valence-electron chi connectivity index (χ1n) is 10.4. The van der Waals surface area contributed by atoms with Gasteiger partial charge in [-0.1, -0.05) is 77.1 Å². The predicted octanol–water partition coefficient (Wildman–Crippen LogP) is 6.96. The highest BCUT2D eigenvalue weighted by Crippen LogP contribution is 2.24. The normalized spacial score (nSPS) is 11.2. The molecule has 1 aromatic heterocycles. The van der Waals surface area contributed by atoms with Gasteiger partial charge in [0.25, 0.3) is 0 Å². The van der Waals surface area contributed by atoms with Gasteiger partial charge < -0.3 is 4.74 Å². The van der Waals surface area contributed by atoms with Gasteiger partial charge in [-0.25, -0.2) is 0 Å². The van der Waals surface area contributed by atoms with Crippen LogP contribution in [0.2, 0.25) is 0 Å². The van der Waals surface area contributed by atoms with E-state index in [4.69, 9.17) is 9.84 Å². The lowest BCUT2D eigenvalue weighted by Gasteiger charge is -2.06. The van der Waals surface area contributed by atoms with Crippen LogP contribution in [0.25, 0.3) is 0 Å². The van der Waals surface area contributed by atoms with Gasteiger partial charge in [0.1, 0.15) is 11.5 Å². The number of benzene rings is 3. The molecule has 4 rings (SSSR count). The molecule has 7 heteroatoms. The monoisotopic (exact) mass is 506 g/mol. The summed E-state index contributed by atoms with van der Waals surface area (Å²) in [7, 11) is 0. The van der Waals surface area contributed by atoms with E-state index in [2.05, 4.69) is 45.2 Å². The summed E-state index contributed by atoms with van der Waals surface area (Å²) >= 11 is 5.11. The average Bonchev–Trinajstić information content (AvgIpc) is 3.20. The maximum atomic E-state index is 5.94. The number of thioether (sulfide) groups is 1. The van der Waals surface area contributed by atoms with Crippen molar-refractivity contribution in [3.8, 4) is 11.5 Å². The van der Waals surface area contributed by atoms with Crippen molar-refractivity contribution in [2.45, 2.75) is 30.7 Å². The second-order valence-electron chi connectivity index (χ2n) is 7.11. The molecule has 5 nitrogen and oxygen atoms in total. The van der Waals surface area contributed by atoms with Crippen LogP contribution in [-0.4, -0.2) is 21.1 Å². The molecule has 4 aromatic rings. The zero-order valence-electron chi connectivity index (χ0n) is 17.7. The molecule has 0 radical (unpaired) electrons. The van der Waals surface area contributed by atoms with Gasteiger partial charge >= 0.3 is 0 Å². The predicted molar refractivity (Wildman–Crippen MR) is 134 cm³/mol. The van der Waals surface area contributed by atoms with Crippen LogP contribution in [0.5, 0.6) is 11.5 Å². The molecule has 0 atom stereocenters. The summed E-state index contributed by atoms with van der Waals surface area (Å²) < 4.78 is 8.85. The molecule has 0 N–H and O–H groups in total. The van der Waals surface area contributed by atoms with Crippen molar-refractivity contribution >= 4 is 33.9 Å². The van der Waals surface area contributed by atoms with Gasteiger partial charge in [0.05, 0.1) is 6.21 Å². The fraction of sp³-hybridized carbons (Fsp3) is 0.160. The lowest BCUT2D eigenvalue weighted by atomic mass is 10.2. The number of aromatic nitrogens is 3. The third-order valence-electron chi connectivity index (χ3n) is 4.59. The molecule has 0 saturated carbocycles. The van der Waals surface area contributed by atoms with Crippen LogP contribution in [0.15, 0.2) is 93.6 Å². The second-order valence-corrected chi connectivity index (χ2v) is 8.97. The smallest absolute Gasteiger partial charge is 0.212 e. The Hall–Kier alpha value is -2.90. The standard InChI is InChI=1S/C25H23BrN4OS/c1-2-7-24-28-29-25(32-18-19-12-14-21(26)15-13-19)30(24)27-17-20-8-6-11-23(16-20)31-22-9-4-3-5-10-22/h3-6,8-17H,2,7,18H2,1H3/b27-17-. The lowest BCUT2D eigenvalue weighted by molar-refractivity contribution is 0.482. The SMILES string of the molecule is CCCc1nnc(SCc2ccc(Br)cc2)n1/N=C\c1cccc(Oc2ccccc2)c1. The molecule has 0 bridgehead atoms. The molecular weight excluding hydrogens is 484 g/mol. The van der Waals surface area contributed by atoms with Crippen LogP contribution in [0.3, 0.4) is 0 Å². The topological polar surface area (TPSA) is 52.3 Å². The molecule has 162 valence electrons. The Morgan fingerprint density at radius 1 is 0.969 bits per heavy atom. The zero-order valence-corrected chi connectivity index (χ0v) is 20.1. The highest BCUT2D eigenvalue weighted by molar-refractivity contribution is 9.10. The first-order valence-corrected chi connectivity index (χ1v) is 12.2. The Bertz CT molecular complexity index is 1180. The molecule has 0 unspecified atom stereocenters. The van der Waals surface area contributed by atoms with Crippen molar-refractivity contribution in [1.29, 1.82) is 0 Å². The maximum absolute atomic E-state index is 5.94. The zero-order chi connectivity index (χ0) is 22.2. The highest BCUT2D eigenvalue weighted by Gasteiger charge is 2.12. The molecule has 1 heterocycles. The summed E-state index contributed by atoms with van der Waals surface area (Å²) in [5.41, 5.74) is 2.16. The van der Waals surface area contributed by atoms with Crippen LogP contribution in [0.4, 0.5) is 0 Å². The van der Waals surface area contributed by atoms with Gasteiger partial charge in [0.15, 0.2) is 5.82 Å². The van der Waals surface area contributed by atoms with Crippen molar-refractivity contribution in [2.75, 3.05) is 0 Å². The van der Waals surface area contributed by atoms with E-state index in [1.54, 1.807) is 11.8 Å². The molecule has 0 spiro atoms. The molecule has 0 aliphatic carbocycles. The maximum Gasteiger partial charge on any atom is 0.212 e. The van der Waals surface area contributed by atoms with Gasteiger partial charge in [-0.15, -0.1) is 10.2 Å². The number of nitrogens with zero attached hydrogens (tertiary/aromatic N) is 4. The fourth-order valence-electron chi connectivity index (χ4n) is 3.02. The third kappa shape index (κ3) is 6.08.